The van der Waals surface area contributed by atoms with E-state index in [1.165, 1.54) is 12.1 Å². The van der Waals surface area contributed by atoms with Crippen LogP contribution in [0.1, 0.15) is 21.5 Å². The molecule has 1 N–H and O–H groups in total. The molecule has 1 aromatic carbocycles. The number of carbonyl (C=O) groups is 1. The molecule has 0 bridgehead atoms. The van der Waals surface area contributed by atoms with Gasteiger partial charge < -0.3 is 10.2 Å². The molecule has 1 amide bonds. The number of hydrogen-bond acceptors (Lipinski definition) is 4. The highest BCUT2D eigenvalue weighted by Gasteiger charge is 2.12. The molecule has 3 rings (SSSR count). The summed E-state index contributed by atoms with van der Waals surface area (Å²) in [5, 5.41) is 3.16. The van der Waals surface area contributed by atoms with Crippen LogP contribution in [-0.2, 0) is 13.0 Å². The molecule has 0 aliphatic carbocycles. The maximum atomic E-state index is 13.0. The van der Waals surface area contributed by atoms with Crippen LogP contribution in [0.4, 0.5) is 10.2 Å². The summed E-state index contributed by atoms with van der Waals surface area (Å²) in [4.78, 5) is 22.6. The molecule has 0 spiro atoms. The molecule has 6 heteroatoms. The molecular weight excluding hydrogens is 343 g/mol. The van der Waals surface area contributed by atoms with E-state index in [2.05, 4.69) is 15.3 Å². The van der Waals surface area contributed by atoms with E-state index >= 15 is 0 Å². The van der Waals surface area contributed by atoms with Crippen molar-refractivity contribution in [1.82, 2.24) is 14.9 Å². The summed E-state index contributed by atoms with van der Waals surface area (Å²) in [5.74, 6) is 0.281. The molecule has 27 heavy (non-hydrogen) atoms. The van der Waals surface area contributed by atoms with Gasteiger partial charge in [0.2, 0.25) is 0 Å². The lowest BCUT2D eigenvalue weighted by Gasteiger charge is -2.17. The van der Waals surface area contributed by atoms with Crippen LogP contribution in [0.2, 0.25) is 0 Å². The van der Waals surface area contributed by atoms with Crippen LogP contribution >= 0.6 is 0 Å². The average molecular weight is 364 g/mol. The number of rotatable bonds is 7. The summed E-state index contributed by atoms with van der Waals surface area (Å²) in [6, 6.07) is 13.6. The minimum atomic E-state index is -0.265. The fourth-order valence-corrected chi connectivity index (χ4v) is 2.62. The van der Waals surface area contributed by atoms with Crippen molar-refractivity contribution in [3.05, 3.63) is 89.6 Å². The summed E-state index contributed by atoms with van der Waals surface area (Å²) in [6.07, 6.45) is 5.88. The Morgan fingerprint density at radius 2 is 1.78 bits per heavy atom. The Morgan fingerprint density at radius 3 is 2.52 bits per heavy atom. The number of amides is 1. The van der Waals surface area contributed by atoms with Crippen molar-refractivity contribution in [2.75, 3.05) is 18.9 Å². The van der Waals surface area contributed by atoms with Crippen molar-refractivity contribution < 1.29 is 9.18 Å². The molecule has 0 unspecified atom stereocenters. The smallest absolute Gasteiger partial charge is 0.253 e. The van der Waals surface area contributed by atoms with E-state index in [0.717, 1.165) is 17.5 Å². The zero-order chi connectivity index (χ0) is 19.1. The normalized spacial score (nSPS) is 10.4. The van der Waals surface area contributed by atoms with E-state index < -0.39 is 0 Å². The zero-order valence-corrected chi connectivity index (χ0v) is 15.1. The van der Waals surface area contributed by atoms with Gasteiger partial charge in [0.25, 0.3) is 5.91 Å². The number of likely N-dealkylation sites (N-methyl/N-ethyl adjacent to an activating group) is 1. The molecule has 2 aromatic heterocycles. The van der Waals surface area contributed by atoms with Crippen LogP contribution in [0.25, 0.3) is 0 Å². The monoisotopic (exact) mass is 364 g/mol. The van der Waals surface area contributed by atoms with Gasteiger partial charge >= 0.3 is 0 Å². The van der Waals surface area contributed by atoms with Crippen molar-refractivity contribution in [3.63, 3.8) is 0 Å². The molecule has 0 atom stereocenters. The molecule has 5 nitrogen and oxygen atoms in total. The Balaban J connectivity index is 1.58. The lowest BCUT2D eigenvalue weighted by atomic mass is 10.1. The van der Waals surface area contributed by atoms with E-state index in [0.29, 0.717) is 24.5 Å². The van der Waals surface area contributed by atoms with E-state index in [-0.39, 0.29) is 11.7 Å². The van der Waals surface area contributed by atoms with Crippen molar-refractivity contribution in [1.29, 1.82) is 0 Å². The van der Waals surface area contributed by atoms with Crippen LogP contribution < -0.4 is 5.32 Å². The fraction of sp³-hybridized carbons (Fsp3) is 0.190. The van der Waals surface area contributed by atoms with Gasteiger partial charge in [-0.1, -0.05) is 12.1 Å². The van der Waals surface area contributed by atoms with Gasteiger partial charge in [-0.3, -0.25) is 9.78 Å². The number of nitrogens with zero attached hydrogens (tertiary/aromatic N) is 3. The average Bonchev–Trinajstić information content (AvgIpc) is 2.72. The van der Waals surface area contributed by atoms with Crippen LogP contribution in [0.3, 0.4) is 0 Å². The molecule has 3 aromatic rings. The minimum Gasteiger partial charge on any atom is -0.366 e. The molecule has 2 heterocycles. The van der Waals surface area contributed by atoms with Gasteiger partial charge in [0.15, 0.2) is 0 Å². The Labute approximate surface area is 157 Å². The predicted octanol–water partition coefficient (Wildman–Crippen LogP) is 3.54. The number of hydrogen-bond donors (Lipinski definition) is 1. The summed E-state index contributed by atoms with van der Waals surface area (Å²) < 4.78 is 13.0. The van der Waals surface area contributed by atoms with Crippen LogP contribution in [-0.4, -0.2) is 34.4 Å². The fourth-order valence-electron chi connectivity index (χ4n) is 2.62. The SMILES string of the molecule is CN(CCc1ccncc1)C(=O)c1ccnc(NCc2ccc(F)cc2)c1. The van der Waals surface area contributed by atoms with Gasteiger partial charge in [0.1, 0.15) is 11.6 Å². The number of nitrogens with one attached hydrogen (secondary N) is 1. The first-order chi connectivity index (χ1) is 13.1. The Bertz CT molecular complexity index is 884. The highest BCUT2D eigenvalue weighted by molar-refractivity contribution is 5.94. The molecule has 0 aliphatic rings. The number of anilines is 1. The highest BCUT2D eigenvalue weighted by atomic mass is 19.1. The van der Waals surface area contributed by atoms with Gasteiger partial charge in [-0.05, 0) is 53.9 Å². The van der Waals surface area contributed by atoms with E-state index in [1.54, 1.807) is 54.8 Å². The first-order valence-corrected chi connectivity index (χ1v) is 8.70. The second-order valence-electron chi connectivity index (χ2n) is 6.24. The quantitative estimate of drug-likeness (QED) is 0.697. The number of benzene rings is 1. The molecule has 0 fully saturated rings. The maximum Gasteiger partial charge on any atom is 0.253 e. The third-order valence-corrected chi connectivity index (χ3v) is 4.23. The molecular formula is C21H21FN4O. The largest absolute Gasteiger partial charge is 0.366 e. The Kier molecular flexibility index (Phi) is 6.10. The Morgan fingerprint density at radius 1 is 1.04 bits per heavy atom. The number of aromatic nitrogens is 2. The lowest BCUT2D eigenvalue weighted by molar-refractivity contribution is 0.0796. The second kappa shape index (κ2) is 8.89. The van der Waals surface area contributed by atoms with E-state index in [1.807, 2.05) is 12.1 Å². The first kappa shape index (κ1) is 18.5. The minimum absolute atomic E-state index is 0.0590. The molecule has 0 saturated carbocycles. The van der Waals surface area contributed by atoms with Gasteiger partial charge in [0.05, 0.1) is 0 Å². The molecule has 0 saturated heterocycles. The van der Waals surface area contributed by atoms with Crippen LogP contribution in [0.5, 0.6) is 0 Å². The Hall–Kier alpha value is -3.28. The van der Waals surface area contributed by atoms with E-state index in [4.69, 9.17) is 0 Å². The summed E-state index contributed by atoms with van der Waals surface area (Å²) >= 11 is 0. The molecule has 138 valence electrons. The van der Waals surface area contributed by atoms with Crippen molar-refractivity contribution in [2.24, 2.45) is 0 Å². The second-order valence-corrected chi connectivity index (χ2v) is 6.24. The van der Waals surface area contributed by atoms with Crippen molar-refractivity contribution in [3.8, 4) is 0 Å². The van der Waals surface area contributed by atoms with Crippen LogP contribution in [0, 0.1) is 5.82 Å². The lowest BCUT2D eigenvalue weighted by Crippen LogP contribution is -2.29. The topological polar surface area (TPSA) is 58.1 Å². The van der Waals surface area contributed by atoms with Crippen molar-refractivity contribution in [2.45, 2.75) is 13.0 Å². The summed E-state index contributed by atoms with van der Waals surface area (Å²) in [6.45, 7) is 1.12. The zero-order valence-electron chi connectivity index (χ0n) is 15.1. The van der Waals surface area contributed by atoms with E-state index in [9.17, 15) is 9.18 Å². The summed E-state index contributed by atoms with van der Waals surface area (Å²) in [7, 11) is 1.79. The van der Waals surface area contributed by atoms with Gasteiger partial charge in [-0.2, -0.15) is 0 Å². The first-order valence-electron chi connectivity index (χ1n) is 8.70. The van der Waals surface area contributed by atoms with Gasteiger partial charge in [0, 0.05) is 44.3 Å². The number of halogens is 1. The van der Waals surface area contributed by atoms with Gasteiger partial charge in [-0.15, -0.1) is 0 Å². The number of pyridine rings is 2. The van der Waals surface area contributed by atoms with Gasteiger partial charge in [-0.25, -0.2) is 9.37 Å². The summed E-state index contributed by atoms with van der Waals surface area (Å²) in [5.41, 5.74) is 2.65. The molecule has 0 aliphatic heterocycles. The van der Waals surface area contributed by atoms with Crippen molar-refractivity contribution >= 4 is 11.7 Å². The third kappa shape index (κ3) is 5.34. The maximum absolute atomic E-state index is 13.0. The predicted molar refractivity (Wildman–Crippen MR) is 103 cm³/mol. The number of carbonyl (C=O) groups excluding carboxylic acids is 1. The highest BCUT2D eigenvalue weighted by Crippen LogP contribution is 2.12. The van der Waals surface area contributed by atoms with Crippen LogP contribution in [0.15, 0.2) is 67.1 Å². The molecule has 0 radical (unpaired) electrons. The standard InChI is InChI=1S/C21H21FN4O/c1-26(13-9-16-6-10-23-11-7-16)21(27)18-8-12-24-20(14-18)25-15-17-2-4-19(22)5-3-17/h2-8,10-12,14H,9,13,15H2,1H3,(H,24,25). The third-order valence-electron chi connectivity index (χ3n) is 4.23.